The minimum Gasteiger partial charge on any atom is -0.312 e. The molecular formula is C70H59B3N4. The molecule has 0 saturated heterocycles. The summed E-state index contributed by atoms with van der Waals surface area (Å²) >= 11 is 0. The lowest BCUT2D eigenvalue weighted by molar-refractivity contribution is 0.812. The summed E-state index contributed by atoms with van der Waals surface area (Å²) in [5.74, 6) is 1.04. The van der Waals surface area contributed by atoms with E-state index in [1.807, 2.05) is 0 Å². The molecule has 0 atom stereocenters. The van der Waals surface area contributed by atoms with Gasteiger partial charge in [0.15, 0.2) is 0 Å². The van der Waals surface area contributed by atoms with Gasteiger partial charge in [0.05, 0.1) is 0 Å². The predicted molar refractivity (Wildman–Crippen MR) is 333 cm³/mol. The van der Waals surface area contributed by atoms with Crippen LogP contribution in [0.4, 0.5) is 68.2 Å². The van der Waals surface area contributed by atoms with Gasteiger partial charge in [0.1, 0.15) is 0 Å². The molecular weight excluding hydrogens is 929 g/mol. The van der Waals surface area contributed by atoms with Crippen molar-refractivity contribution in [2.75, 3.05) is 19.6 Å². The maximum atomic E-state index is 2.70. The van der Waals surface area contributed by atoms with Crippen LogP contribution in [0.25, 0.3) is 0 Å². The van der Waals surface area contributed by atoms with Gasteiger partial charge < -0.3 is 19.6 Å². The number of hydrogen-bond acceptors (Lipinski definition) is 4. The molecule has 5 aliphatic rings. The number of benzene rings is 10. The highest BCUT2D eigenvalue weighted by molar-refractivity contribution is 7.05. The van der Waals surface area contributed by atoms with Gasteiger partial charge in [0.2, 0.25) is 6.71 Å². The zero-order chi connectivity index (χ0) is 52.0. The van der Waals surface area contributed by atoms with E-state index in [0.29, 0.717) is 17.8 Å². The Morgan fingerprint density at radius 3 is 1.12 bits per heavy atom. The molecule has 77 heavy (non-hydrogen) atoms. The van der Waals surface area contributed by atoms with Gasteiger partial charge in [-0.05, 0) is 158 Å². The fraction of sp³-hybridized carbons (Fsp3) is 0.143. The SMILES string of the molecule is Cc1ccc2c(c1)B(c1c(C(C)C)cc(C(C)C)cc1C(C)C)c1cc3c(cc1N2c1ccccc1)N(c1ccccc1)c1cc2c4c5c1B3c1ccccc1N5c1ccccc1B4c1ccccc1N2c1ccccc1. The Morgan fingerprint density at radius 2 is 0.649 bits per heavy atom. The summed E-state index contributed by atoms with van der Waals surface area (Å²) in [4.78, 5) is 10.4. The highest BCUT2D eigenvalue weighted by Crippen LogP contribution is 2.51. The minimum absolute atomic E-state index is 0.0243. The molecule has 0 unspecified atom stereocenters. The predicted octanol–water partition coefficient (Wildman–Crippen LogP) is 12.4. The number of rotatable bonds is 7. The lowest BCUT2D eigenvalue weighted by Gasteiger charge is -2.51. The topological polar surface area (TPSA) is 13.0 Å². The van der Waals surface area contributed by atoms with E-state index in [1.165, 1.54) is 123 Å². The summed E-state index contributed by atoms with van der Waals surface area (Å²) in [6, 6.07) is 81.3. The molecule has 7 heteroatoms. The van der Waals surface area contributed by atoms with Crippen LogP contribution >= 0.6 is 0 Å². The molecule has 0 fully saturated rings. The largest absolute Gasteiger partial charge is 0.312 e. The van der Waals surface area contributed by atoms with Crippen LogP contribution in [0.5, 0.6) is 0 Å². The summed E-state index contributed by atoms with van der Waals surface area (Å²) in [5, 5.41) is 0. The van der Waals surface area contributed by atoms with Crippen LogP contribution in [0.1, 0.15) is 81.5 Å². The summed E-state index contributed by atoms with van der Waals surface area (Å²) in [6.07, 6.45) is 0. The fourth-order valence-corrected chi connectivity index (χ4v) is 14.3. The van der Waals surface area contributed by atoms with Crippen molar-refractivity contribution in [3.63, 3.8) is 0 Å². The highest BCUT2D eigenvalue weighted by atomic mass is 15.2. The lowest BCUT2D eigenvalue weighted by Crippen LogP contribution is -2.69. The second-order valence-corrected chi connectivity index (χ2v) is 23.0. The van der Waals surface area contributed by atoms with Gasteiger partial charge in [0.25, 0.3) is 13.4 Å². The maximum Gasteiger partial charge on any atom is 0.252 e. The molecule has 0 aliphatic carbocycles. The van der Waals surface area contributed by atoms with E-state index < -0.39 is 0 Å². The van der Waals surface area contributed by atoms with Crippen molar-refractivity contribution in [1.82, 2.24) is 0 Å². The third-order valence-electron chi connectivity index (χ3n) is 17.6. The molecule has 0 aromatic heterocycles. The van der Waals surface area contributed by atoms with E-state index in [0.717, 1.165) is 17.1 Å². The molecule has 0 saturated carbocycles. The summed E-state index contributed by atoms with van der Waals surface area (Å²) in [5.41, 5.74) is 32.4. The van der Waals surface area contributed by atoms with E-state index >= 15 is 0 Å². The minimum atomic E-state index is -0.0755. The lowest BCUT2D eigenvalue weighted by atomic mass is 9.28. The molecule has 368 valence electrons. The van der Waals surface area contributed by atoms with Crippen LogP contribution in [0.2, 0.25) is 0 Å². The van der Waals surface area contributed by atoms with E-state index in [2.05, 4.69) is 280 Å². The van der Waals surface area contributed by atoms with Crippen molar-refractivity contribution in [2.24, 2.45) is 0 Å². The van der Waals surface area contributed by atoms with Gasteiger partial charge in [-0.25, -0.2) is 0 Å². The Balaban J connectivity index is 1.11. The Hall–Kier alpha value is -8.41. The summed E-state index contributed by atoms with van der Waals surface area (Å²) in [6.45, 7) is 16.5. The van der Waals surface area contributed by atoms with E-state index in [9.17, 15) is 0 Å². The molecule has 0 N–H and O–H groups in total. The van der Waals surface area contributed by atoms with Crippen molar-refractivity contribution >= 4 is 138 Å². The Kier molecular flexibility index (Phi) is 10.3. The number of nitrogens with zero attached hydrogens (tertiary/aromatic N) is 4. The van der Waals surface area contributed by atoms with E-state index in [1.54, 1.807) is 0 Å². The van der Waals surface area contributed by atoms with Gasteiger partial charge in [-0.15, -0.1) is 0 Å². The third kappa shape index (κ3) is 6.62. The van der Waals surface area contributed by atoms with Crippen LogP contribution in [0.3, 0.4) is 0 Å². The van der Waals surface area contributed by atoms with Gasteiger partial charge in [-0.2, -0.15) is 0 Å². The van der Waals surface area contributed by atoms with Crippen LogP contribution in [-0.4, -0.2) is 20.1 Å². The number of fused-ring (bicyclic) bond motifs is 12. The molecule has 4 nitrogen and oxygen atoms in total. The van der Waals surface area contributed by atoms with Gasteiger partial charge in [-0.1, -0.05) is 192 Å². The van der Waals surface area contributed by atoms with Crippen molar-refractivity contribution in [3.8, 4) is 0 Å². The van der Waals surface area contributed by atoms with Crippen molar-refractivity contribution in [2.45, 2.75) is 66.2 Å². The first-order valence-corrected chi connectivity index (χ1v) is 28.0. The highest BCUT2D eigenvalue weighted by Gasteiger charge is 2.52. The number of anilines is 12. The summed E-state index contributed by atoms with van der Waals surface area (Å²) < 4.78 is 0. The first-order valence-electron chi connectivity index (χ1n) is 28.0. The maximum absolute atomic E-state index is 2.70. The number of hydrogen-bond donors (Lipinski definition) is 0. The molecule has 15 rings (SSSR count). The first-order chi connectivity index (χ1) is 37.7. The molecule has 10 aromatic rings. The smallest absolute Gasteiger partial charge is 0.252 e. The molecule has 5 heterocycles. The van der Waals surface area contributed by atoms with Gasteiger partial charge >= 0.3 is 0 Å². The molecule has 0 radical (unpaired) electrons. The normalized spacial score (nSPS) is 14.1. The quantitative estimate of drug-likeness (QED) is 0.148. The zero-order valence-electron chi connectivity index (χ0n) is 45.0. The van der Waals surface area contributed by atoms with Gasteiger partial charge in [-0.3, -0.25) is 0 Å². The Morgan fingerprint density at radius 1 is 0.286 bits per heavy atom. The third-order valence-corrected chi connectivity index (χ3v) is 17.6. The zero-order valence-corrected chi connectivity index (χ0v) is 45.0. The molecule has 0 amide bonds. The van der Waals surface area contributed by atoms with Crippen LogP contribution < -0.4 is 68.8 Å². The molecule has 10 aromatic carbocycles. The van der Waals surface area contributed by atoms with Gasteiger partial charge in [0, 0.05) is 68.2 Å². The van der Waals surface area contributed by atoms with Crippen molar-refractivity contribution in [3.05, 3.63) is 235 Å². The van der Waals surface area contributed by atoms with E-state index in [-0.39, 0.29) is 20.1 Å². The number of para-hydroxylation sites is 6. The van der Waals surface area contributed by atoms with Crippen molar-refractivity contribution in [1.29, 1.82) is 0 Å². The van der Waals surface area contributed by atoms with Crippen LogP contribution in [0.15, 0.2) is 212 Å². The second kappa shape index (κ2) is 17.3. The fourth-order valence-electron chi connectivity index (χ4n) is 14.3. The Labute approximate surface area is 455 Å². The monoisotopic (exact) mass is 989 g/mol. The van der Waals surface area contributed by atoms with Crippen molar-refractivity contribution < 1.29 is 0 Å². The molecule has 0 bridgehead atoms. The number of aryl methyl sites for hydroxylation is 1. The van der Waals surface area contributed by atoms with E-state index in [4.69, 9.17) is 0 Å². The second-order valence-electron chi connectivity index (χ2n) is 23.0. The molecule has 0 spiro atoms. The summed E-state index contributed by atoms with van der Waals surface area (Å²) in [7, 11) is 0. The standard InChI is InChI=1S/C70H59B3N4/c1-43(2)47-38-51(44(3)4)67(52(39-47)45(5)6)73-56-37-46(7)35-36-62(56)74(48-23-11-8-12-24-48)63-41-64-57(40-58(63)73)72-55-31-19-22-34-61(55)77-60-33-21-18-30-54(60)71-53-29-17-20-32-59(53)75(49-25-13-9-14-26-49)65-42-66(69(72)70(77)68(65)71)76(64)50-27-15-10-16-28-50/h8-45H,1-7H3. The van der Waals surface area contributed by atoms with Crippen LogP contribution in [-0.2, 0) is 0 Å². The average molecular weight is 989 g/mol. The molecule has 5 aliphatic heterocycles. The van der Waals surface area contributed by atoms with Crippen LogP contribution in [0, 0.1) is 6.92 Å². The Bertz CT molecular complexity index is 4000. The first kappa shape index (κ1) is 45.9. The average Bonchev–Trinajstić information content (AvgIpc) is 3.48.